The highest BCUT2D eigenvalue weighted by Crippen LogP contribution is 2.29. The zero-order chi connectivity index (χ0) is 26.3. The zero-order valence-corrected chi connectivity index (χ0v) is 21.4. The first-order chi connectivity index (χ1) is 17.9. The van der Waals surface area contributed by atoms with E-state index < -0.39 is 16.0 Å². The van der Waals surface area contributed by atoms with Crippen LogP contribution in [0.1, 0.15) is 36.9 Å². The van der Waals surface area contributed by atoms with Crippen molar-refractivity contribution in [1.29, 1.82) is 0 Å². The molecule has 1 unspecified atom stereocenters. The van der Waals surface area contributed by atoms with Crippen molar-refractivity contribution in [2.24, 2.45) is 0 Å². The van der Waals surface area contributed by atoms with Gasteiger partial charge in [0.25, 0.3) is 15.9 Å². The fourth-order valence-corrected chi connectivity index (χ4v) is 5.88. The van der Waals surface area contributed by atoms with E-state index in [1.807, 2.05) is 18.2 Å². The summed E-state index contributed by atoms with van der Waals surface area (Å²) < 4.78 is 37.8. The lowest BCUT2D eigenvalue weighted by atomic mass is 9.88. The van der Waals surface area contributed by atoms with Crippen molar-refractivity contribution in [3.8, 4) is 5.75 Å². The maximum absolute atomic E-state index is 13.0. The van der Waals surface area contributed by atoms with Crippen LogP contribution in [0.2, 0.25) is 0 Å². The van der Waals surface area contributed by atoms with Crippen molar-refractivity contribution in [3.63, 3.8) is 0 Å². The highest BCUT2D eigenvalue weighted by atomic mass is 32.2. The van der Waals surface area contributed by atoms with Gasteiger partial charge in [0.15, 0.2) is 13.2 Å². The summed E-state index contributed by atoms with van der Waals surface area (Å²) in [4.78, 5) is 24.6. The van der Waals surface area contributed by atoms with Gasteiger partial charge in [0.2, 0.25) is 0 Å². The number of hydrogen-bond acceptors (Lipinski definition) is 6. The number of anilines is 1. The summed E-state index contributed by atoms with van der Waals surface area (Å²) in [5, 5.41) is 2.94. The van der Waals surface area contributed by atoms with Crippen LogP contribution in [0.15, 0.2) is 83.8 Å². The molecule has 0 spiro atoms. The van der Waals surface area contributed by atoms with Crippen LogP contribution in [0.4, 0.5) is 5.69 Å². The van der Waals surface area contributed by atoms with Gasteiger partial charge in [-0.3, -0.25) is 9.10 Å². The van der Waals surface area contributed by atoms with Crippen LogP contribution in [-0.4, -0.2) is 40.1 Å². The van der Waals surface area contributed by atoms with Gasteiger partial charge in [-0.05, 0) is 73.7 Å². The molecule has 0 bridgehead atoms. The molecule has 1 aliphatic carbocycles. The number of esters is 1. The van der Waals surface area contributed by atoms with Crippen LogP contribution in [0.25, 0.3) is 0 Å². The highest BCUT2D eigenvalue weighted by molar-refractivity contribution is 7.92. The van der Waals surface area contributed by atoms with Crippen molar-refractivity contribution in [2.75, 3.05) is 24.1 Å². The first-order valence-electron chi connectivity index (χ1n) is 12.2. The number of benzene rings is 3. The molecular weight excluding hydrogens is 492 g/mol. The van der Waals surface area contributed by atoms with E-state index in [9.17, 15) is 18.0 Å². The van der Waals surface area contributed by atoms with Crippen LogP contribution < -0.4 is 14.4 Å². The molecular formula is C28H30N2O6S. The van der Waals surface area contributed by atoms with Crippen LogP contribution in [0, 0.1) is 0 Å². The third-order valence-corrected chi connectivity index (χ3v) is 8.09. The number of rotatable bonds is 10. The van der Waals surface area contributed by atoms with Gasteiger partial charge in [0, 0.05) is 6.54 Å². The topological polar surface area (TPSA) is 102 Å². The number of nitrogens with one attached hydrogen (secondary N) is 1. The fourth-order valence-electron chi connectivity index (χ4n) is 4.39. The van der Waals surface area contributed by atoms with Crippen molar-refractivity contribution in [1.82, 2.24) is 5.32 Å². The van der Waals surface area contributed by atoms with E-state index in [4.69, 9.17) is 9.47 Å². The fraction of sp³-hybridized carbons (Fsp3) is 0.286. The second kappa shape index (κ2) is 11.9. The Morgan fingerprint density at radius 1 is 0.946 bits per heavy atom. The van der Waals surface area contributed by atoms with E-state index in [0.29, 0.717) is 11.4 Å². The normalized spacial score (nSPS) is 14.8. The lowest BCUT2D eigenvalue weighted by Gasteiger charge is -2.26. The van der Waals surface area contributed by atoms with E-state index in [2.05, 4.69) is 11.4 Å². The number of nitrogens with zero attached hydrogens (tertiary/aromatic N) is 1. The summed E-state index contributed by atoms with van der Waals surface area (Å²) in [6, 6.07) is 22.5. The number of hydrogen-bond donors (Lipinski definition) is 1. The Morgan fingerprint density at radius 3 is 2.38 bits per heavy atom. The maximum atomic E-state index is 13.0. The lowest BCUT2D eigenvalue weighted by Crippen LogP contribution is -2.34. The van der Waals surface area contributed by atoms with Crippen LogP contribution >= 0.6 is 0 Å². The minimum absolute atomic E-state index is 0.0840. The first-order valence-corrected chi connectivity index (χ1v) is 13.7. The van der Waals surface area contributed by atoms with Gasteiger partial charge >= 0.3 is 5.97 Å². The molecule has 0 radical (unpaired) electrons. The van der Waals surface area contributed by atoms with Crippen LogP contribution in [-0.2, 0) is 30.8 Å². The van der Waals surface area contributed by atoms with Crippen molar-refractivity contribution < 1.29 is 27.5 Å². The third kappa shape index (κ3) is 6.48. The second-order valence-corrected chi connectivity index (χ2v) is 10.5. The molecule has 0 heterocycles. The average Bonchev–Trinajstić information content (AvgIpc) is 2.92. The van der Waals surface area contributed by atoms with Crippen LogP contribution in [0.3, 0.4) is 0 Å². The minimum Gasteiger partial charge on any atom is -0.482 e. The Morgan fingerprint density at radius 2 is 1.65 bits per heavy atom. The predicted octanol–water partition coefficient (Wildman–Crippen LogP) is 4.02. The highest BCUT2D eigenvalue weighted by Gasteiger charge is 2.24. The molecule has 0 saturated heterocycles. The second-order valence-electron chi connectivity index (χ2n) is 8.64. The van der Waals surface area contributed by atoms with Gasteiger partial charge in [-0.1, -0.05) is 42.5 Å². The summed E-state index contributed by atoms with van der Waals surface area (Å²) in [6.45, 7) is 1.24. The number of carbonyl (C=O) groups is 2. The molecule has 8 nitrogen and oxygen atoms in total. The molecule has 0 aromatic heterocycles. The molecule has 3 aromatic carbocycles. The molecule has 0 fully saturated rings. The van der Waals surface area contributed by atoms with Gasteiger partial charge in [0.05, 0.1) is 16.6 Å². The molecule has 1 amide bonds. The monoisotopic (exact) mass is 522 g/mol. The summed E-state index contributed by atoms with van der Waals surface area (Å²) in [7, 11) is -3.71. The molecule has 9 heteroatoms. The SMILES string of the molecule is CCN(c1ccc(OCC(=O)OCC(=O)NC2CCCc3ccccc32)cc1)S(=O)(=O)c1ccccc1. The Kier molecular flexibility index (Phi) is 8.45. The van der Waals surface area contributed by atoms with Gasteiger partial charge in [-0.15, -0.1) is 0 Å². The van der Waals surface area contributed by atoms with E-state index >= 15 is 0 Å². The number of carbonyl (C=O) groups excluding carboxylic acids is 2. The van der Waals surface area contributed by atoms with E-state index in [-0.39, 0.29) is 36.6 Å². The van der Waals surface area contributed by atoms with E-state index in [1.54, 1.807) is 61.5 Å². The Hall–Kier alpha value is -3.85. The summed E-state index contributed by atoms with van der Waals surface area (Å²) >= 11 is 0. The Balaban J connectivity index is 1.26. The van der Waals surface area contributed by atoms with Crippen molar-refractivity contribution in [3.05, 3.63) is 90.0 Å². The number of fused-ring (bicyclic) bond motifs is 1. The van der Waals surface area contributed by atoms with E-state index in [1.165, 1.54) is 9.87 Å². The van der Waals surface area contributed by atoms with Gasteiger partial charge in [-0.25, -0.2) is 13.2 Å². The molecule has 4 rings (SSSR count). The molecule has 3 aromatic rings. The smallest absolute Gasteiger partial charge is 0.344 e. The molecule has 37 heavy (non-hydrogen) atoms. The first kappa shape index (κ1) is 26.2. The summed E-state index contributed by atoms with van der Waals surface area (Å²) in [5.74, 6) is -0.666. The molecule has 0 aliphatic heterocycles. The molecule has 0 saturated carbocycles. The average molecular weight is 523 g/mol. The zero-order valence-electron chi connectivity index (χ0n) is 20.6. The van der Waals surface area contributed by atoms with Gasteiger partial charge in [-0.2, -0.15) is 0 Å². The largest absolute Gasteiger partial charge is 0.482 e. The van der Waals surface area contributed by atoms with Gasteiger partial charge < -0.3 is 14.8 Å². The summed E-state index contributed by atoms with van der Waals surface area (Å²) in [5.41, 5.74) is 2.82. The molecule has 1 N–H and O–H groups in total. The third-order valence-electron chi connectivity index (χ3n) is 6.17. The molecule has 1 aliphatic rings. The standard InChI is InChI=1S/C28H30N2O6S/c1-2-30(37(33,34)24-11-4-3-5-12-24)22-15-17-23(18-16-22)35-20-28(32)36-19-27(31)29-26-14-8-10-21-9-6-7-13-25(21)26/h3-7,9,11-13,15-18,26H,2,8,10,14,19-20H2,1H3,(H,29,31). The van der Waals surface area contributed by atoms with E-state index in [0.717, 1.165) is 24.8 Å². The Bertz CT molecular complexity index is 1330. The maximum Gasteiger partial charge on any atom is 0.344 e. The Labute approximate surface area is 217 Å². The number of amides is 1. The minimum atomic E-state index is -3.71. The number of ether oxygens (including phenoxy) is 2. The number of sulfonamides is 1. The van der Waals surface area contributed by atoms with Gasteiger partial charge in [0.1, 0.15) is 5.75 Å². The molecule has 194 valence electrons. The van der Waals surface area contributed by atoms with Crippen LogP contribution in [0.5, 0.6) is 5.75 Å². The van der Waals surface area contributed by atoms with Crippen molar-refractivity contribution in [2.45, 2.75) is 37.1 Å². The summed E-state index contributed by atoms with van der Waals surface area (Å²) in [6.07, 6.45) is 2.83. The predicted molar refractivity (Wildman–Crippen MR) is 140 cm³/mol. The number of aryl methyl sites for hydroxylation is 1. The van der Waals surface area contributed by atoms with Crippen molar-refractivity contribution >= 4 is 27.6 Å². The lowest BCUT2D eigenvalue weighted by molar-refractivity contribution is -0.150. The molecule has 1 atom stereocenters. The quantitative estimate of drug-likeness (QED) is 0.404.